The van der Waals surface area contributed by atoms with E-state index >= 15 is 0 Å². The van der Waals surface area contributed by atoms with Crippen LogP contribution in [0.4, 0.5) is 14.9 Å². The van der Waals surface area contributed by atoms with Crippen LogP contribution in [0.25, 0.3) is 0 Å². The normalized spacial score (nSPS) is 21.5. The predicted octanol–water partition coefficient (Wildman–Crippen LogP) is 2.27. The molecule has 3 rings (SSSR count). The second-order valence-electron chi connectivity index (χ2n) is 7.20. The van der Waals surface area contributed by atoms with Gasteiger partial charge in [-0.1, -0.05) is 12.1 Å². The molecule has 3 N–H and O–H groups in total. The average Bonchev–Trinajstić information content (AvgIpc) is 2.69. The molecule has 2 aliphatic heterocycles. The first-order valence-corrected chi connectivity index (χ1v) is 9.37. The highest BCUT2D eigenvalue weighted by Gasteiger charge is 2.32. The first-order valence-electron chi connectivity index (χ1n) is 9.37. The van der Waals surface area contributed by atoms with Gasteiger partial charge in [0.05, 0.1) is 11.6 Å². The molecule has 6 nitrogen and oxygen atoms in total. The summed E-state index contributed by atoms with van der Waals surface area (Å²) >= 11 is 0. The molecule has 1 aromatic rings. The summed E-state index contributed by atoms with van der Waals surface area (Å²) in [6.07, 6.45) is 3.47. The number of rotatable bonds is 3. The zero-order valence-electron chi connectivity index (χ0n) is 15.0. The molecule has 1 aromatic carbocycles. The Morgan fingerprint density at radius 3 is 2.54 bits per heavy atom. The lowest BCUT2D eigenvalue weighted by Gasteiger charge is -2.37. The number of hydrogen-bond donors (Lipinski definition) is 2. The minimum atomic E-state index is -0.465. The number of nitrogens with one attached hydrogen (secondary N) is 1. The number of amides is 3. The summed E-state index contributed by atoms with van der Waals surface area (Å²) in [5.41, 5.74) is 5.87. The Morgan fingerprint density at radius 1 is 1.12 bits per heavy atom. The summed E-state index contributed by atoms with van der Waals surface area (Å²) in [7, 11) is 0. The van der Waals surface area contributed by atoms with E-state index in [-0.39, 0.29) is 23.5 Å². The number of piperidine rings is 2. The summed E-state index contributed by atoms with van der Waals surface area (Å²) in [5.74, 6) is -0.00452. The first kappa shape index (κ1) is 18.6. The molecule has 0 aromatic heterocycles. The molecule has 2 fully saturated rings. The van der Waals surface area contributed by atoms with E-state index < -0.39 is 5.82 Å². The second-order valence-corrected chi connectivity index (χ2v) is 7.20. The van der Waals surface area contributed by atoms with Crippen LogP contribution in [0.15, 0.2) is 24.3 Å². The SMILES string of the molecule is NCC1CCN(C(=O)C2CCCN(C(=O)Nc3ccccc3F)C2)CC1. The lowest BCUT2D eigenvalue weighted by atomic mass is 9.93. The first-order chi connectivity index (χ1) is 12.6. The van der Waals surface area contributed by atoms with Gasteiger partial charge < -0.3 is 20.9 Å². The topological polar surface area (TPSA) is 78.7 Å². The van der Waals surface area contributed by atoms with Crippen LogP contribution < -0.4 is 11.1 Å². The lowest BCUT2D eigenvalue weighted by molar-refractivity contribution is -0.138. The summed E-state index contributed by atoms with van der Waals surface area (Å²) in [4.78, 5) is 28.8. The number of nitrogens with zero attached hydrogens (tertiary/aromatic N) is 2. The van der Waals surface area contributed by atoms with Crippen LogP contribution in [-0.4, -0.2) is 54.5 Å². The summed E-state index contributed by atoms with van der Waals surface area (Å²) in [6.45, 7) is 3.14. The monoisotopic (exact) mass is 362 g/mol. The zero-order chi connectivity index (χ0) is 18.5. The van der Waals surface area contributed by atoms with E-state index in [1.165, 1.54) is 12.1 Å². The molecule has 7 heteroatoms. The molecule has 0 spiro atoms. The van der Waals surface area contributed by atoms with Crippen molar-refractivity contribution in [3.8, 4) is 0 Å². The van der Waals surface area contributed by atoms with Gasteiger partial charge in [-0.05, 0) is 50.3 Å². The van der Waals surface area contributed by atoms with Crippen LogP contribution in [0.1, 0.15) is 25.7 Å². The standard InChI is InChI=1S/C19H27FN4O2/c20-16-5-1-2-6-17(16)22-19(26)24-9-3-4-15(13-24)18(25)23-10-7-14(12-21)8-11-23/h1-2,5-6,14-15H,3-4,7-13,21H2,(H,22,26). The Labute approximate surface area is 153 Å². The van der Waals surface area contributed by atoms with Gasteiger partial charge in [0.1, 0.15) is 5.82 Å². The third-order valence-electron chi connectivity index (χ3n) is 5.43. The van der Waals surface area contributed by atoms with Gasteiger partial charge in [0.2, 0.25) is 5.91 Å². The Kier molecular flexibility index (Phi) is 6.08. The van der Waals surface area contributed by atoms with Gasteiger partial charge in [0.15, 0.2) is 0 Å². The maximum absolute atomic E-state index is 13.7. The minimum Gasteiger partial charge on any atom is -0.342 e. The van der Waals surface area contributed by atoms with Crippen molar-refractivity contribution in [3.05, 3.63) is 30.1 Å². The summed E-state index contributed by atoms with van der Waals surface area (Å²) < 4.78 is 13.7. The van der Waals surface area contributed by atoms with Crippen LogP contribution in [-0.2, 0) is 4.79 Å². The molecule has 1 atom stereocenters. The molecule has 2 heterocycles. The van der Waals surface area contributed by atoms with Gasteiger partial charge in [-0.3, -0.25) is 4.79 Å². The van der Waals surface area contributed by atoms with E-state index in [1.807, 2.05) is 4.90 Å². The van der Waals surface area contributed by atoms with Gasteiger partial charge >= 0.3 is 6.03 Å². The third-order valence-corrected chi connectivity index (χ3v) is 5.43. The lowest BCUT2D eigenvalue weighted by Crippen LogP contribution is -2.49. The zero-order valence-corrected chi connectivity index (χ0v) is 15.0. The quantitative estimate of drug-likeness (QED) is 0.866. The Hall–Kier alpha value is -2.15. The van der Waals surface area contributed by atoms with Crippen molar-refractivity contribution >= 4 is 17.6 Å². The van der Waals surface area contributed by atoms with Crippen molar-refractivity contribution in [1.29, 1.82) is 0 Å². The summed E-state index contributed by atoms with van der Waals surface area (Å²) in [5, 5.41) is 2.61. The van der Waals surface area contributed by atoms with E-state index in [0.29, 0.717) is 25.6 Å². The van der Waals surface area contributed by atoms with Crippen molar-refractivity contribution < 1.29 is 14.0 Å². The molecule has 0 saturated carbocycles. The minimum absolute atomic E-state index is 0.129. The number of hydrogen-bond acceptors (Lipinski definition) is 3. The highest BCUT2D eigenvalue weighted by molar-refractivity contribution is 5.90. The molecule has 142 valence electrons. The van der Waals surface area contributed by atoms with Crippen LogP contribution >= 0.6 is 0 Å². The number of anilines is 1. The largest absolute Gasteiger partial charge is 0.342 e. The molecule has 1 unspecified atom stereocenters. The van der Waals surface area contributed by atoms with Crippen molar-refractivity contribution in [1.82, 2.24) is 9.80 Å². The molecule has 2 aliphatic rings. The highest BCUT2D eigenvalue weighted by atomic mass is 19.1. The molecule has 26 heavy (non-hydrogen) atoms. The van der Waals surface area contributed by atoms with Crippen LogP contribution in [0.5, 0.6) is 0 Å². The Bertz CT molecular complexity index is 646. The number of likely N-dealkylation sites (tertiary alicyclic amines) is 2. The molecular formula is C19H27FN4O2. The molecule has 3 amide bonds. The smallest absolute Gasteiger partial charge is 0.321 e. The van der Waals surface area contributed by atoms with Crippen molar-refractivity contribution in [2.24, 2.45) is 17.6 Å². The van der Waals surface area contributed by atoms with E-state index in [9.17, 15) is 14.0 Å². The van der Waals surface area contributed by atoms with Crippen LogP contribution in [0.2, 0.25) is 0 Å². The number of benzene rings is 1. The highest BCUT2D eigenvalue weighted by Crippen LogP contribution is 2.23. The predicted molar refractivity (Wildman–Crippen MR) is 98.1 cm³/mol. The third kappa shape index (κ3) is 4.33. The molecular weight excluding hydrogens is 335 g/mol. The van der Waals surface area contributed by atoms with Gasteiger partial charge in [0, 0.05) is 26.2 Å². The fourth-order valence-electron chi connectivity index (χ4n) is 3.77. The fraction of sp³-hybridized carbons (Fsp3) is 0.579. The van der Waals surface area contributed by atoms with Crippen molar-refractivity contribution in [2.75, 3.05) is 38.0 Å². The van der Waals surface area contributed by atoms with Gasteiger partial charge in [0.25, 0.3) is 0 Å². The maximum Gasteiger partial charge on any atom is 0.321 e. The number of halogens is 1. The Morgan fingerprint density at radius 2 is 1.85 bits per heavy atom. The molecule has 0 aliphatic carbocycles. The fourth-order valence-corrected chi connectivity index (χ4v) is 3.77. The van der Waals surface area contributed by atoms with Crippen molar-refractivity contribution in [3.63, 3.8) is 0 Å². The maximum atomic E-state index is 13.7. The number of nitrogens with two attached hydrogens (primary N) is 1. The average molecular weight is 362 g/mol. The van der Waals surface area contributed by atoms with Gasteiger partial charge in [-0.2, -0.15) is 0 Å². The molecule has 0 radical (unpaired) electrons. The van der Waals surface area contributed by atoms with E-state index in [4.69, 9.17) is 5.73 Å². The van der Waals surface area contributed by atoms with E-state index in [2.05, 4.69) is 5.32 Å². The Balaban J connectivity index is 1.56. The summed E-state index contributed by atoms with van der Waals surface area (Å²) in [6, 6.07) is 5.74. The molecule has 0 bridgehead atoms. The van der Waals surface area contributed by atoms with Crippen molar-refractivity contribution in [2.45, 2.75) is 25.7 Å². The van der Waals surface area contributed by atoms with Gasteiger partial charge in [-0.25, -0.2) is 9.18 Å². The number of carbonyl (C=O) groups is 2. The van der Waals surface area contributed by atoms with E-state index in [1.54, 1.807) is 17.0 Å². The second kappa shape index (κ2) is 8.49. The number of urea groups is 1. The van der Waals surface area contributed by atoms with E-state index in [0.717, 1.165) is 38.8 Å². The number of para-hydroxylation sites is 1. The molecule has 2 saturated heterocycles. The van der Waals surface area contributed by atoms with Crippen LogP contribution in [0, 0.1) is 17.7 Å². The number of carbonyl (C=O) groups excluding carboxylic acids is 2. The van der Waals surface area contributed by atoms with Crippen LogP contribution in [0.3, 0.4) is 0 Å². The van der Waals surface area contributed by atoms with Gasteiger partial charge in [-0.15, -0.1) is 0 Å².